The number of halogens is 2. The Bertz CT molecular complexity index is 538. The third kappa shape index (κ3) is 5.53. The van der Waals surface area contributed by atoms with E-state index in [9.17, 15) is 18.8 Å². The highest BCUT2D eigenvalue weighted by Gasteiger charge is 2.09. The fourth-order valence-electron chi connectivity index (χ4n) is 1.16. The lowest BCUT2D eigenvalue weighted by atomic mass is 10.3. The molecule has 0 spiro atoms. The summed E-state index contributed by atoms with van der Waals surface area (Å²) in [4.78, 5) is 32.7. The van der Waals surface area contributed by atoms with Gasteiger partial charge in [-0.3, -0.25) is 9.59 Å². The van der Waals surface area contributed by atoms with Gasteiger partial charge in [-0.1, -0.05) is 11.6 Å². The number of carbonyl (C=O) groups excluding carboxylic acids is 2. The van der Waals surface area contributed by atoms with Gasteiger partial charge in [0.25, 0.3) is 0 Å². The number of carbonyl (C=O) groups is 3. The normalized spacial score (nSPS) is 9.70. The monoisotopic (exact) mass is 303 g/mol. The molecule has 3 amide bonds. The molecule has 108 valence electrons. The van der Waals surface area contributed by atoms with E-state index in [-0.39, 0.29) is 10.7 Å². The quantitative estimate of drug-likeness (QED) is 0.645. The Morgan fingerprint density at radius 2 is 1.90 bits per heavy atom. The SMILES string of the molecule is O=C(O)CNC(=O)CNC(=O)Nc1cc(F)ccc1Cl. The Kier molecular flexibility index (Phi) is 5.73. The van der Waals surface area contributed by atoms with Crippen molar-refractivity contribution in [3.8, 4) is 0 Å². The van der Waals surface area contributed by atoms with Crippen molar-refractivity contribution in [2.75, 3.05) is 18.4 Å². The molecule has 7 nitrogen and oxygen atoms in total. The maximum absolute atomic E-state index is 12.9. The largest absolute Gasteiger partial charge is 0.480 e. The van der Waals surface area contributed by atoms with Crippen molar-refractivity contribution in [1.82, 2.24) is 10.6 Å². The van der Waals surface area contributed by atoms with E-state index >= 15 is 0 Å². The Hall–Kier alpha value is -2.35. The smallest absolute Gasteiger partial charge is 0.322 e. The maximum atomic E-state index is 12.9. The third-order valence-corrected chi connectivity index (χ3v) is 2.35. The fourth-order valence-corrected chi connectivity index (χ4v) is 1.32. The van der Waals surface area contributed by atoms with E-state index in [1.165, 1.54) is 6.07 Å². The number of nitrogens with one attached hydrogen (secondary N) is 3. The Labute approximate surface area is 118 Å². The summed E-state index contributed by atoms with van der Waals surface area (Å²) in [6.07, 6.45) is 0. The predicted octanol–water partition coefficient (Wildman–Crippen LogP) is 0.801. The van der Waals surface area contributed by atoms with Gasteiger partial charge in [0.05, 0.1) is 17.3 Å². The van der Waals surface area contributed by atoms with Crippen LogP contribution in [0, 0.1) is 5.82 Å². The zero-order valence-corrected chi connectivity index (χ0v) is 10.8. The van der Waals surface area contributed by atoms with E-state index in [4.69, 9.17) is 16.7 Å². The maximum Gasteiger partial charge on any atom is 0.322 e. The number of hydrogen-bond donors (Lipinski definition) is 4. The number of anilines is 1. The van der Waals surface area contributed by atoms with E-state index in [1.807, 2.05) is 0 Å². The molecule has 9 heteroatoms. The lowest BCUT2D eigenvalue weighted by Gasteiger charge is -2.09. The zero-order valence-electron chi connectivity index (χ0n) is 10.1. The number of carboxylic acids is 1. The van der Waals surface area contributed by atoms with Crippen LogP contribution in [0.3, 0.4) is 0 Å². The molecule has 0 unspecified atom stereocenters. The van der Waals surface area contributed by atoms with Crippen molar-refractivity contribution < 1.29 is 23.9 Å². The first kappa shape index (κ1) is 15.7. The molecule has 1 aromatic rings. The molecule has 0 aliphatic rings. The molecule has 0 heterocycles. The first-order chi connectivity index (χ1) is 9.38. The highest BCUT2D eigenvalue weighted by atomic mass is 35.5. The summed E-state index contributed by atoms with van der Waals surface area (Å²) >= 11 is 5.73. The van der Waals surface area contributed by atoms with Crippen LogP contribution in [-0.2, 0) is 9.59 Å². The Morgan fingerprint density at radius 1 is 1.20 bits per heavy atom. The second-order valence-electron chi connectivity index (χ2n) is 3.60. The van der Waals surface area contributed by atoms with Crippen molar-refractivity contribution >= 4 is 35.2 Å². The van der Waals surface area contributed by atoms with Crippen LogP contribution in [0.2, 0.25) is 5.02 Å². The van der Waals surface area contributed by atoms with E-state index in [0.717, 1.165) is 12.1 Å². The van der Waals surface area contributed by atoms with Gasteiger partial charge in [-0.25, -0.2) is 9.18 Å². The molecule has 20 heavy (non-hydrogen) atoms. The minimum atomic E-state index is -1.20. The minimum Gasteiger partial charge on any atom is -0.480 e. The molecule has 0 aliphatic carbocycles. The van der Waals surface area contributed by atoms with Gasteiger partial charge in [-0.2, -0.15) is 0 Å². The van der Waals surface area contributed by atoms with Crippen molar-refractivity contribution in [3.63, 3.8) is 0 Å². The predicted molar refractivity (Wildman–Crippen MR) is 69.1 cm³/mol. The molecular weight excluding hydrogens is 293 g/mol. The first-order valence-electron chi connectivity index (χ1n) is 5.37. The molecular formula is C11H11ClFN3O4. The van der Waals surface area contributed by atoms with E-state index in [1.54, 1.807) is 0 Å². The van der Waals surface area contributed by atoms with Crippen molar-refractivity contribution in [1.29, 1.82) is 0 Å². The summed E-state index contributed by atoms with van der Waals surface area (Å²) < 4.78 is 12.9. The molecule has 0 bridgehead atoms. The molecule has 1 rings (SSSR count). The number of carboxylic acid groups (broad SMARTS) is 1. The van der Waals surface area contributed by atoms with Crippen molar-refractivity contribution in [2.45, 2.75) is 0 Å². The highest BCUT2D eigenvalue weighted by molar-refractivity contribution is 6.33. The highest BCUT2D eigenvalue weighted by Crippen LogP contribution is 2.21. The van der Waals surface area contributed by atoms with Crippen LogP contribution in [0.15, 0.2) is 18.2 Å². The summed E-state index contributed by atoms with van der Waals surface area (Å²) in [7, 11) is 0. The van der Waals surface area contributed by atoms with Crippen molar-refractivity contribution in [3.05, 3.63) is 29.0 Å². The molecule has 0 saturated heterocycles. The topological polar surface area (TPSA) is 108 Å². The number of hydrogen-bond acceptors (Lipinski definition) is 3. The average molecular weight is 304 g/mol. The molecule has 0 fully saturated rings. The number of benzene rings is 1. The van der Waals surface area contributed by atoms with Gasteiger partial charge in [-0.05, 0) is 18.2 Å². The summed E-state index contributed by atoms with van der Waals surface area (Å²) in [5, 5.41) is 14.9. The van der Waals surface area contributed by atoms with Crippen LogP contribution >= 0.6 is 11.6 Å². The molecule has 1 aromatic carbocycles. The van der Waals surface area contributed by atoms with Gasteiger partial charge >= 0.3 is 12.0 Å². The molecule has 0 aromatic heterocycles. The van der Waals surface area contributed by atoms with E-state index in [0.29, 0.717) is 0 Å². The number of amides is 3. The first-order valence-corrected chi connectivity index (χ1v) is 5.74. The Morgan fingerprint density at radius 3 is 2.55 bits per heavy atom. The van der Waals surface area contributed by atoms with Crippen LogP contribution < -0.4 is 16.0 Å². The lowest BCUT2D eigenvalue weighted by molar-refractivity contribution is -0.137. The van der Waals surface area contributed by atoms with Gasteiger partial charge in [0, 0.05) is 0 Å². The van der Waals surface area contributed by atoms with Crippen LogP contribution in [0.4, 0.5) is 14.9 Å². The minimum absolute atomic E-state index is 0.0510. The number of rotatable bonds is 5. The molecule has 0 aliphatic heterocycles. The standard InChI is InChI=1S/C11H11ClFN3O4/c12-7-2-1-6(13)3-8(7)16-11(20)15-4-9(17)14-5-10(18)19/h1-3H,4-5H2,(H,14,17)(H,18,19)(H2,15,16,20). The lowest BCUT2D eigenvalue weighted by Crippen LogP contribution is -2.40. The van der Waals surface area contributed by atoms with Crippen LogP contribution in [-0.4, -0.2) is 36.1 Å². The van der Waals surface area contributed by atoms with Crippen LogP contribution in [0.25, 0.3) is 0 Å². The molecule has 0 saturated carbocycles. The van der Waals surface area contributed by atoms with Crippen LogP contribution in [0.5, 0.6) is 0 Å². The second-order valence-corrected chi connectivity index (χ2v) is 4.01. The number of urea groups is 1. The molecule has 4 N–H and O–H groups in total. The van der Waals surface area contributed by atoms with Crippen LogP contribution in [0.1, 0.15) is 0 Å². The van der Waals surface area contributed by atoms with Gasteiger partial charge in [0.2, 0.25) is 5.91 Å². The second kappa shape index (κ2) is 7.29. The fraction of sp³-hybridized carbons (Fsp3) is 0.182. The van der Waals surface area contributed by atoms with Gasteiger partial charge in [0.1, 0.15) is 12.4 Å². The van der Waals surface area contributed by atoms with E-state index in [2.05, 4.69) is 16.0 Å². The third-order valence-electron chi connectivity index (χ3n) is 2.02. The van der Waals surface area contributed by atoms with Gasteiger partial charge in [0.15, 0.2) is 0 Å². The van der Waals surface area contributed by atoms with Crippen molar-refractivity contribution in [2.24, 2.45) is 0 Å². The van der Waals surface area contributed by atoms with E-state index < -0.39 is 36.8 Å². The summed E-state index contributed by atoms with van der Waals surface area (Å²) in [6, 6.07) is 2.64. The molecule has 0 atom stereocenters. The average Bonchev–Trinajstić information content (AvgIpc) is 2.38. The summed E-state index contributed by atoms with van der Waals surface area (Å²) in [6.45, 7) is -0.968. The van der Waals surface area contributed by atoms with Gasteiger partial charge < -0.3 is 21.1 Å². The molecule has 0 radical (unpaired) electrons. The van der Waals surface area contributed by atoms with Gasteiger partial charge in [-0.15, -0.1) is 0 Å². The number of aliphatic carboxylic acids is 1. The Balaban J connectivity index is 2.42. The summed E-state index contributed by atoms with van der Waals surface area (Å²) in [5.41, 5.74) is 0.0510. The zero-order chi connectivity index (χ0) is 15.1. The summed E-state index contributed by atoms with van der Waals surface area (Å²) in [5.74, 6) is -2.45.